The molecule has 0 aliphatic carbocycles. The number of pyridine rings is 1. The zero-order valence-corrected chi connectivity index (χ0v) is 11.7. The van der Waals surface area contributed by atoms with Crippen LogP contribution in [-0.4, -0.2) is 10.9 Å². The fraction of sp³-hybridized carbons (Fsp3) is 0. The lowest BCUT2D eigenvalue weighted by atomic mass is 10.2. The second-order valence-electron chi connectivity index (χ2n) is 3.67. The average Bonchev–Trinajstić information content (AvgIpc) is 2.36. The van der Waals surface area contributed by atoms with Crippen molar-refractivity contribution in [2.24, 2.45) is 0 Å². The Morgan fingerprint density at radius 3 is 2.37 bits per heavy atom. The van der Waals surface area contributed by atoms with Crippen molar-refractivity contribution in [3.63, 3.8) is 0 Å². The van der Waals surface area contributed by atoms with Gasteiger partial charge in [-0.15, -0.1) is 0 Å². The number of nitrogens with zero attached hydrogens (tertiary/aromatic N) is 1. The van der Waals surface area contributed by atoms with Crippen LogP contribution in [0.3, 0.4) is 0 Å². The maximum atomic E-state index is 12.0. The number of aromatic nitrogens is 1. The number of hydrogen-bond acceptors (Lipinski definition) is 3. The summed E-state index contributed by atoms with van der Waals surface area (Å²) in [5.41, 5.74) is 6.71. The molecule has 0 atom stereocenters. The van der Waals surface area contributed by atoms with E-state index in [0.717, 1.165) is 0 Å². The first-order valence-corrected chi connectivity index (χ1v) is 6.28. The summed E-state index contributed by atoms with van der Waals surface area (Å²) in [5.74, 6) is -0.346. The second-order valence-corrected chi connectivity index (χ2v) is 4.88. The largest absolute Gasteiger partial charge is 0.396 e. The van der Waals surface area contributed by atoms with Gasteiger partial charge in [0.25, 0.3) is 5.91 Å². The Morgan fingerprint density at radius 2 is 1.79 bits per heavy atom. The first kappa shape index (κ1) is 13.9. The average molecular weight is 317 g/mol. The van der Waals surface area contributed by atoms with Crippen molar-refractivity contribution >= 4 is 52.1 Å². The zero-order valence-electron chi connectivity index (χ0n) is 9.45. The Kier molecular flexibility index (Phi) is 4.14. The molecule has 0 saturated carbocycles. The number of amides is 1. The Balaban J connectivity index is 2.24. The fourth-order valence-corrected chi connectivity index (χ4v) is 2.06. The minimum Gasteiger partial charge on any atom is -0.396 e. The molecule has 7 heteroatoms. The lowest BCUT2D eigenvalue weighted by molar-refractivity contribution is 0.102. The van der Waals surface area contributed by atoms with Gasteiger partial charge in [-0.2, -0.15) is 0 Å². The van der Waals surface area contributed by atoms with E-state index < -0.39 is 0 Å². The number of halogens is 3. The lowest BCUT2D eigenvalue weighted by Gasteiger charge is -2.08. The van der Waals surface area contributed by atoms with Crippen molar-refractivity contribution in [2.75, 3.05) is 11.1 Å². The molecule has 0 fully saturated rings. The van der Waals surface area contributed by atoms with Crippen LogP contribution in [0.5, 0.6) is 0 Å². The summed E-state index contributed by atoms with van der Waals surface area (Å²) in [6, 6.07) is 6.03. The molecule has 0 aliphatic heterocycles. The van der Waals surface area contributed by atoms with E-state index in [1.807, 2.05) is 0 Å². The van der Waals surface area contributed by atoms with E-state index >= 15 is 0 Å². The number of carbonyl (C=O) groups excluding carboxylic acids is 1. The smallest absolute Gasteiger partial charge is 0.255 e. The molecule has 0 aliphatic rings. The first-order valence-electron chi connectivity index (χ1n) is 5.15. The lowest BCUT2D eigenvalue weighted by Crippen LogP contribution is -2.12. The van der Waals surface area contributed by atoms with Crippen molar-refractivity contribution in [3.8, 4) is 0 Å². The summed E-state index contributed by atoms with van der Waals surface area (Å²) < 4.78 is 0. The summed E-state index contributed by atoms with van der Waals surface area (Å²) >= 11 is 17.5. The van der Waals surface area contributed by atoms with Crippen LogP contribution in [0.25, 0.3) is 0 Å². The topological polar surface area (TPSA) is 68.0 Å². The Labute approximate surface area is 124 Å². The molecule has 4 nitrogen and oxygen atoms in total. The molecular weight excluding hydrogens is 309 g/mol. The predicted molar refractivity (Wildman–Crippen MR) is 78.1 cm³/mol. The molecule has 3 N–H and O–H groups in total. The van der Waals surface area contributed by atoms with Gasteiger partial charge < -0.3 is 11.1 Å². The Morgan fingerprint density at radius 1 is 1.16 bits per heavy atom. The maximum Gasteiger partial charge on any atom is 0.255 e. The molecular formula is C12H8Cl3N3O. The third-order valence-electron chi connectivity index (χ3n) is 2.33. The van der Waals surface area contributed by atoms with Gasteiger partial charge in [-0.05, 0) is 24.3 Å². The molecule has 2 aromatic rings. The van der Waals surface area contributed by atoms with Crippen LogP contribution in [0.4, 0.5) is 11.4 Å². The second kappa shape index (κ2) is 5.65. The summed E-state index contributed by atoms with van der Waals surface area (Å²) in [7, 11) is 0. The van der Waals surface area contributed by atoms with E-state index in [9.17, 15) is 4.79 Å². The quantitative estimate of drug-likeness (QED) is 0.652. The van der Waals surface area contributed by atoms with Gasteiger partial charge in [-0.3, -0.25) is 4.79 Å². The molecule has 98 valence electrons. The summed E-state index contributed by atoms with van der Waals surface area (Å²) in [6.07, 6.45) is 1.44. The van der Waals surface area contributed by atoms with Crippen LogP contribution in [0.1, 0.15) is 10.4 Å². The van der Waals surface area contributed by atoms with E-state index in [-0.39, 0.29) is 26.8 Å². The van der Waals surface area contributed by atoms with Crippen molar-refractivity contribution < 1.29 is 4.79 Å². The number of carbonyl (C=O) groups is 1. The van der Waals surface area contributed by atoms with Crippen LogP contribution in [0, 0.1) is 0 Å². The zero-order chi connectivity index (χ0) is 14.0. The normalized spacial score (nSPS) is 10.3. The van der Waals surface area contributed by atoms with Gasteiger partial charge >= 0.3 is 0 Å². The molecule has 1 aromatic heterocycles. The molecule has 1 amide bonds. The molecule has 19 heavy (non-hydrogen) atoms. The Hall–Kier alpha value is -1.49. The highest BCUT2D eigenvalue weighted by Crippen LogP contribution is 2.31. The van der Waals surface area contributed by atoms with E-state index in [2.05, 4.69) is 10.3 Å². The summed E-state index contributed by atoms with van der Waals surface area (Å²) in [6.45, 7) is 0. The number of benzene rings is 1. The third-order valence-corrected chi connectivity index (χ3v) is 3.16. The van der Waals surface area contributed by atoms with Crippen LogP contribution in [0.15, 0.2) is 30.5 Å². The van der Waals surface area contributed by atoms with Gasteiger partial charge in [0.1, 0.15) is 5.15 Å². The van der Waals surface area contributed by atoms with Gasteiger partial charge in [0, 0.05) is 17.4 Å². The number of anilines is 2. The minimum atomic E-state index is -0.346. The summed E-state index contributed by atoms with van der Waals surface area (Å²) in [4.78, 5) is 15.8. The van der Waals surface area contributed by atoms with Crippen molar-refractivity contribution in [1.82, 2.24) is 4.98 Å². The van der Waals surface area contributed by atoms with Gasteiger partial charge in [0.2, 0.25) is 0 Å². The van der Waals surface area contributed by atoms with E-state index in [1.165, 1.54) is 24.4 Å². The van der Waals surface area contributed by atoms with Gasteiger partial charge in [0.15, 0.2) is 0 Å². The number of nitrogen functional groups attached to an aromatic ring is 1. The standard InChI is InChI=1S/C12H8Cl3N3O/c13-8-4-7(5-9(14)11(8)16)18-12(19)6-1-2-17-10(15)3-6/h1-5H,16H2,(H,18,19). The molecule has 0 bridgehead atoms. The van der Waals surface area contributed by atoms with E-state index in [0.29, 0.717) is 11.3 Å². The highest BCUT2D eigenvalue weighted by molar-refractivity contribution is 6.39. The molecule has 1 aromatic carbocycles. The molecule has 0 unspecified atom stereocenters. The number of rotatable bonds is 2. The summed E-state index contributed by atoms with van der Waals surface area (Å²) in [5, 5.41) is 3.43. The number of nitrogens with one attached hydrogen (secondary N) is 1. The van der Waals surface area contributed by atoms with E-state index in [4.69, 9.17) is 40.5 Å². The molecule has 0 radical (unpaired) electrons. The SMILES string of the molecule is Nc1c(Cl)cc(NC(=O)c2ccnc(Cl)c2)cc1Cl. The van der Waals surface area contributed by atoms with Crippen molar-refractivity contribution in [3.05, 3.63) is 51.2 Å². The maximum absolute atomic E-state index is 12.0. The molecule has 0 saturated heterocycles. The number of hydrogen-bond donors (Lipinski definition) is 2. The monoisotopic (exact) mass is 315 g/mol. The highest BCUT2D eigenvalue weighted by atomic mass is 35.5. The number of nitrogens with two attached hydrogens (primary N) is 1. The highest BCUT2D eigenvalue weighted by Gasteiger charge is 2.10. The molecule has 1 heterocycles. The van der Waals surface area contributed by atoms with E-state index in [1.54, 1.807) is 6.07 Å². The first-order chi connectivity index (χ1) is 8.97. The van der Waals surface area contributed by atoms with Gasteiger partial charge in [-0.25, -0.2) is 4.98 Å². The van der Waals surface area contributed by atoms with Crippen LogP contribution >= 0.6 is 34.8 Å². The third kappa shape index (κ3) is 3.29. The van der Waals surface area contributed by atoms with Crippen molar-refractivity contribution in [1.29, 1.82) is 0 Å². The fourth-order valence-electron chi connectivity index (χ4n) is 1.40. The molecule has 2 rings (SSSR count). The Bertz CT molecular complexity index is 623. The van der Waals surface area contributed by atoms with Gasteiger partial charge in [-0.1, -0.05) is 34.8 Å². The van der Waals surface area contributed by atoms with Crippen molar-refractivity contribution in [2.45, 2.75) is 0 Å². The predicted octanol–water partition coefficient (Wildman–Crippen LogP) is 3.88. The van der Waals surface area contributed by atoms with Crippen LogP contribution in [-0.2, 0) is 0 Å². The van der Waals surface area contributed by atoms with Crippen LogP contribution in [0.2, 0.25) is 15.2 Å². The van der Waals surface area contributed by atoms with Crippen LogP contribution < -0.4 is 11.1 Å². The molecule has 0 spiro atoms. The van der Waals surface area contributed by atoms with Gasteiger partial charge in [0.05, 0.1) is 15.7 Å². The minimum absolute atomic E-state index is 0.237.